The fraction of sp³-hybridized carbons (Fsp3) is 0.160. The van der Waals surface area contributed by atoms with Crippen molar-refractivity contribution in [2.24, 2.45) is 0 Å². The molecule has 0 aliphatic carbocycles. The summed E-state index contributed by atoms with van der Waals surface area (Å²) >= 11 is 7.58. The second-order valence-corrected chi connectivity index (χ2v) is 8.80. The first-order chi connectivity index (χ1) is 16.0. The van der Waals surface area contributed by atoms with Crippen LogP contribution in [0, 0.1) is 13.8 Å². The van der Waals surface area contributed by atoms with Crippen molar-refractivity contribution in [2.75, 3.05) is 18.2 Å². The van der Waals surface area contributed by atoms with E-state index in [1.54, 1.807) is 7.11 Å². The number of methoxy groups -OCH3 is 1. The van der Waals surface area contributed by atoms with E-state index in [9.17, 15) is 4.79 Å². The lowest BCUT2D eigenvalue weighted by Gasteiger charge is -2.13. The van der Waals surface area contributed by atoms with Crippen molar-refractivity contribution >= 4 is 35.0 Å². The highest BCUT2D eigenvalue weighted by Gasteiger charge is 2.20. The quantitative estimate of drug-likeness (QED) is 0.333. The summed E-state index contributed by atoms with van der Waals surface area (Å²) in [4.78, 5) is 12.7. The molecule has 6 nitrogen and oxygen atoms in total. The zero-order chi connectivity index (χ0) is 23.4. The fourth-order valence-corrected chi connectivity index (χ4v) is 4.47. The van der Waals surface area contributed by atoms with Gasteiger partial charge in [0, 0.05) is 10.7 Å². The summed E-state index contributed by atoms with van der Waals surface area (Å²) in [7, 11) is 1.62. The maximum atomic E-state index is 12.7. The number of amides is 1. The molecule has 1 amide bonds. The van der Waals surface area contributed by atoms with Crippen LogP contribution in [0.3, 0.4) is 0 Å². The Kier molecular flexibility index (Phi) is 7.01. The monoisotopic (exact) mass is 478 g/mol. The van der Waals surface area contributed by atoms with Gasteiger partial charge >= 0.3 is 0 Å². The fourth-order valence-electron chi connectivity index (χ4n) is 3.53. The second kappa shape index (κ2) is 10.1. The number of ether oxygens (including phenoxy) is 1. The highest BCUT2D eigenvalue weighted by molar-refractivity contribution is 7.99. The number of hydrogen-bond acceptors (Lipinski definition) is 5. The number of hydrogen-bond donors (Lipinski definition) is 1. The molecule has 0 aliphatic heterocycles. The lowest BCUT2D eigenvalue weighted by atomic mass is 10.1. The van der Waals surface area contributed by atoms with Gasteiger partial charge in [0.15, 0.2) is 11.0 Å². The Labute approximate surface area is 202 Å². The second-order valence-electron chi connectivity index (χ2n) is 7.43. The summed E-state index contributed by atoms with van der Waals surface area (Å²) in [5.41, 5.74) is 4.47. The largest absolute Gasteiger partial charge is 0.496 e. The van der Waals surface area contributed by atoms with Gasteiger partial charge in [-0.1, -0.05) is 59.8 Å². The highest BCUT2D eigenvalue weighted by atomic mass is 35.5. The van der Waals surface area contributed by atoms with E-state index in [4.69, 9.17) is 16.3 Å². The molecule has 0 saturated carbocycles. The first-order valence-corrected chi connectivity index (χ1v) is 11.7. The maximum absolute atomic E-state index is 12.7. The average molecular weight is 479 g/mol. The molecule has 0 radical (unpaired) electrons. The Hall–Kier alpha value is -3.29. The molecule has 33 heavy (non-hydrogen) atoms. The maximum Gasteiger partial charge on any atom is 0.234 e. The molecular weight excluding hydrogens is 456 g/mol. The van der Waals surface area contributed by atoms with Crippen molar-refractivity contribution in [3.8, 4) is 22.8 Å². The molecule has 0 aliphatic rings. The minimum absolute atomic E-state index is 0.114. The van der Waals surface area contributed by atoms with E-state index in [-0.39, 0.29) is 11.7 Å². The van der Waals surface area contributed by atoms with Crippen molar-refractivity contribution in [3.05, 3.63) is 82.9 Å². The van der Waals surface area contributed by atoms with Crippen LogP contribution in [0.15, 0.2) is 71.9 Å². The van der Waals surface area contributed by atoms with Crippen molar-refractivity contribution in [2.45, 2.75) is 19.0 Å². The molecule has 168 valence electrons. The Morgan fingerprint density at radius 3 is 2.48 bits per heavy atom. The van der Waals surface area contributed by atoms with E-state index in [0.717, 1.165) is 28.1 Å². The number of thioether (sulfide) groups is 1. The van der Waals surface area contributed by atoms with Crippen molar-refractivity contribution in [3.63, 3.8) is 0 Å². The lowest BCUT2D eigenvalue weighted by molar-refractivity contribution is -0.113. The predicted molar refractivity (Wildman–Crippen MR) is 134 cm³/mol. The van der Waals surface area contributed by atoms with Crippen LogP contribution in [0.25, 0.3) is 17.1 Å². The van der Waals surface area contributed by atoms with Gasteiger partial charge in [-0.25, -0.2) is 0 Å². The van der Waals surface area contributed by atoms with Crippen LogP contribution in [0.5, 0.6) is 5.75 Å². The Morgan fingerprint density at radius 2 is 1.76 bits per heavy atom. The molecule has 4 rings (SSSR count). The zero-order valence-electron chi connectivity index (χ0n) is 18.5. The smallest absolute Gasteiger partial charge is 0.234 e. The number of nitrogens with one attached hydrogen (secondary N) is 1. The first kappa shape index (κ1) is 22.9. The van der Waals surface area contributed by atoms with Crippen molar-refractivity contribution < 1.29 is 9.53 Å². The first-order valence-electron chi connectivity index (χ1n) is 10.3. The summed E-state index contributed by atoms with van der Waals surface area (Å²) in [5, 5.41) is 13.0. The van der Waals surface area contributed by atoms with E-state index in [1.807, 2.05) is 85.1 Å². The van der Waals surface area contributed by atoms with Gasteiger partial charge in [0.2, 0.25) is 5.91 Å². The topological polar surface area (TPSA) is 69.0 Å². The third kappa shape index (κ3) is 5.05. The average Bonchev–Trinajstić information content (AvgIpc) is 3.24. The van der Waals surface area contributed by atoms with Gasteiger partial charge in [0.1, 0.15) is 5.75 Å². The number of benzene rings is 3. The van der Waals surface area contributed by atoms with E-state index in [1.165, 1.54) is 11.8 Å². The molecular formula is C25H23ClN4O2S. The molecule has 1 heterocycles. The molecule has 0 bridgehead atoms. The summed E-state index contributed by atoms with van der Waals surface area (Å²) < 4.78 is 7.42. The van der Waals surface area contributed by atoms with Crippen LogP contribution in [0.2, 0.25) is 5.02 Å². The van der Waals surface area contributed by atoms with Gasteiger partial charge in [0.25, 0.3) is 0 Å². The van der Waals surface area contributed by atoms with Gasteiger partial charge < -0.3 is 10.1 Å². The number of rotatable bonds is 7. The van der Waals surface area contributed by atoms with Crippen molar-refractivity contribution in [1.82, 2.24) is 14.8 Å². The Morgan fingerprint density at radius 1 is 1.03 bits per heavy atom. The number of aryl methyl sites for hydroxylation is 2. The molecule has 1 aromatic heterocycles. The van der Waals surface area contributed by atoms with Crippen LogP contribution >= 0.6 is 23.4 Å². The molecule has 1 N–H and O–H groups in total. The molecule has 3 aromatic carbocycles. The van der Waals surface area contributed by atoms with Crippen molar-refractivity contribution in [1.29, 1.82) is 0 Å². The van der Waals surface area contributed by atoms with E-state index in [0.29, 0.717) is 21.8 Å². The standard InChI is InChI=1S/C25H23ClN4O2S/c1-16-8-6-9-17(2)23(16)27-22(31)15-33-25-29-28-24(20-12-4-5-13-21(20)32-3)30(25)19-11-7-10-18(26)14-19/h4-14H,15H2,1-3H3,(H,27,31). The van der Waals surface area contributed by atoms with Gasteiger partial charge in [-0.05, 0) is 55.3 Å². The number of halogens is 1. The molecule has 8 heteroatoms. The molecule has 0 unspecified atom stereocenters. The highest BCUT2D eigenvalue weighted by Crippen LogP contribution is 2.34. The number of aromatic nitrogens is 3. The minimum atomic E-state index is -0.114. The lowest BCUT2D eigenvalue weighted by Crippen LogP contribution is -2.16. The van der Waals surface area contributed by atoms with Crippen LogP contribution < -0.4 is 10.1 Å². The SMILES string of the molecule is COc1ccccc1-c1nnc(SCC(=O)Nc2c(C)cccc2C)n1-c1cccc(Cl)c1. The van der Waals surface area contributed by atoms with Gasteiger partial charge in [-0.3, -0.25) is 9.36 Å². The summed E-state index contributed by atoms with van der Waals surface area (Å²) in [5.74, 6) is 1.35. The van der Waals surface area contributed by atoms with E-state index >= 15 is 0 Å². The molecule has 0 spiro atoms. The molecule has 4 aromatic rings. The van der Waals surface area contributed by atoms with Crippen LogP contribution in [0.1, 0.15) is 11.1 Å². The normalized spacial score (nSPS) is 10.8. The third-order valence-electron chi connectivity index (χ3n) is 5.13. The summed E-state index contributed by atoms with van der Waals surface area (Å²) in [6.45, 7) is 3.95. The van der Waals surface area contributed by atoms with Crippen LogP contribution in [-0.2, 0) is 4.79 Å². The number of nitrogens with zero attached hydrogens (tertiary/aromatic N) is 3. The number of carbonyl (C=O) groups excluding carboxylic acids is 1. The van der Waals surface area contributed by atoms with E-state index < -0.39 is 0 Å². The third-order valence-corrected chi connectivity index (χ3v) is 6.29. The van der Waals surface area contributed by atoms with Gasteiger partial charge in [-0.2, -0.15) is 0 Å². The number of para-hydroxylation sites is 2. The van der Waals surface area contributed by atoms with Gasteiger partial charge in [-0.15, -0.1) is 10.2 Å². The summed E-state index contributed by atoms with van der Waals surface area (Å²) in [6, 6.07) is 21.0. The van der Waals surface area contributed by atoms with Gasteiger partial charge in [0.05, 0.1) is 24.1 Å². The molecule has 0 saturated heterocycles. The molecule has 0 fully saturated rings. The number of anilines is 1. The number of carbonyl (C=O) groups is 1. The zero-order valence-corrected chi connectivity index (χ0v) is 20.1. The Balaban J connectivity index is 1.66. The molecule has 0 atom stereocenters. The predicted octanol–water partition coefficient (Wildman–Crippen LogP) is 5.94. The van der Waals surface area contributed by atoms with E-state index in [2.05, 4.69) is 15.5 Å². The summed E-state index contributed by atoms with van der Waals surface area (Å²) in [6.07, 6.45) is 0. The van der Waals surface area contributed by atoms with Crippen LogP contribution in [-0.4, -0.2) is 33.5 Å². The van der Waals surface area contributed by atoms with Crippen LogP contribution in [0.4, 0.5) is 5.69 Å². The minimum Gasteiger partial charge on any atom is -0.496 e. The Bertz CT molecular complexity index is 1290.